The molecule has 0 aliphatic carbocycles. The first-order valence-electron chi connectivity index (χ1n) is 6.53. The molecule has 20 heavy (non-hydrogen) atoms. The van der Waals surface area contributed by atoms with Crippen molar-refractivity contribution in [1.29, 1.82) is 0 Å². The average Bonchev–Trinajstić information content (AvgIpc) is 2.95. The Morgan fingerprint density at radius 2 is 2.25 bits per heavy atom. The largest absolute Gasteiger partial charge is 0.444 e. The second-order valence-corrected chi connectivity index (χ2v) is 6.61. The Kier molecular flexibility index (Phi) is 4.27. The molecule has 6 nitrogen and oxygen atoms in total. The lowest BCUT2D eigenvalue weighted by Crippen LogP contribution is -2.41. The maximum Gasteiger partial charge on any atom is 0.407 e. The van der Waals surface area contributed by atoms with Crippen LogP contribution in [0.15, 0.2) is 11.6 Å². The predicted molar refractivity (Wildman–Crippen MR) is 75.8 cm³/mol. The summed E-state index contributed by atoms with van der Waals surface area (Å²) in [4.78, 5) is 29.5. The summed E-state index contributed by atoms with van der Waals surface area (Å²) in [5.74, 6) is -0.0755. The van der Waals surface area contributed by atoms with Gasteiger partial charge in [-0.15, -0.1) is 11.3 Å². The van der Waals surface area contributed by atoms with Crippen molar-refractivity contribution in [2.24, 2.45) is 0 Å². The molecule has 1 aromatic heterocycles. The fourth-order valence-corrected chi connectivity index (χ4v) is 2.60. The number of hydrogen-bond acceptors (Lipinski definition) is 5. The van der Waals surface area contributed by atoms with Crippen LogP contribution in [0.5, 0.6) is 0 Å². The molecule has 0 spiro atoms. The van der Waals surface area contributed by atoms with Crippen molar-refractivity contribution in [3.05, 3.63) is 16.6 Å². The number of rotatable bonds is 2. The molecule has 110 valence electrons. The van der Waals surface area contributed by atoms with Gasteiger partial charge < -0.3 is 15.0 Å². The fraction of sp³-hybridized carbons (Fsp3) is 0.615. The van der Waals surface area contributed by atoms with Crippen LogP contribution in [0.25, 0.3) is 0 Å². The minimum absolute atomic E-state index is 0.0613. The maximum atomic E-state index is 12.1. The van der Waals surface area contributed by atoms with Gasteiger partial charge in [-0.1, -0.05) is 0 Å². The highest BCUT2D eigenvalue weighted by molar-refractivity contribution is 7.11. The normalized spacial score (nSPS) is 18.9. The van der Waals surface area contributed by atoms with Crippen molar-refractivity contribution in [3.63, 3.8) is 0 Å². The monoisotopic (exact) mass is 297 g/mol. The van der Waals surface area contributed by atoms with Crippen molar-refractivity contribution < 1.29 is 14.3 Å². The third-order valence-electron chi connectivity index (χ3n) is 2.81. The smallest absolute Gasteiger partial charge is 0.407 e. The molecule has 1 aliphatic heterocycles. The van der Waals surface area contributed by atoms with Crippen LogP contribution >= 0.6 is 11.3 Å². The van der Waals surface area contributed by atoms with Gasteiger partial charge in [-0.05, 0) is 27.2 Å². The van der Waals surface area contributed by atoms with Crippen molar-refractivity contribution in [3.8, 4) is 0 Å². The summed E-state index contributed by atoms with van der Waals surface area (Å²) in [5.41, 5.74) is -0.515. The van der Waals surface area contributed by atoms with Crippen LogP contribution in [0.1, 0.15) is 37.0 Å². The molecule has 1 atom stereocenters. The van der Waals surface area contributed by atoms with E-state index in [9.17, 15) is 9.59 Å². The van der Waals surface area contributed by atoms with Gasteiger partial charge in [-0.2, -0.15) is 0 Å². The zero-order valence-corrected chi connectivity index (χ0v) is 12.7. The third-order valence-corrected chi connectivity index (χ3v) is 3.57. The third kappa shape index (κ3) is 3.93. The zero-order chi connectivity index (χ0) is 14.8. The molecule has 2 heterocycles. The molecule has 0 bridgehead atoms. The highest BCUT2D eigenvalue weighted by atomic mass is 32.1. The number of hydrogen-bond donors (Lipinski definition) is 1. The average molecular weight is 297 g/mol. The standard InChI is InChI=1S/C13H19N3O3S/c1-13(2,3)19-12(18)15-9-4-6-16(8-9)11(17)10-14-5-7-20-10/h5,7,9H,4,6,8H2,1-3H3,(H,15,18)/t9-/m0/s1. The minimum Gasteiger partial charge on any atom is -0.444 e. The number of likely N-dealkylation sites (tertiary alicyclic amines) is 1. The van der Waals surface area contributed by atoms with Crippen LogP contribution in [0.3, 0.4) is 0 Å². The van der Waals surface area contributed by atoms with Crippen LogP contribution in [-0.2, 0) is 4.74 Å². The molecule has 0 radical (unpaired) electrons. The van der Waals surface area contributed by atoms with Gasteiger partial charge in [0.25, 0.3) is 5.91 Å². The Labute approximate surface area is 122 Å². The summed E-state index contributed by atoms with van der Waals surface area (Å²) in [6, 6.07) is -0.0613. The first kappa shape index (κ1) is 14.8. The van der Waals surface area contributed by atoms with E-state index in [1.807, 2.05) is 20.8 Å². The first-order chi connectivity index (χ1) is 9.35. The number of nitrogens with zero attached hydrogens (tertiary/aromatic N) is 2. The van der Waals surface area contributed by atoms with Gasteiger partial charge in [0, 0.05) is 24.7 Å². The topological polar surface area (TPSA) is 71.5 Å². The van der Waals surface area contributed by atoms with E-state index in [0.29, 0.717) is 18.1 Å². The molecule has 1 fully saturated rings. The molecule has 0 unspecified atom stereocenters. The Bertz CT molecular complexity index is 482. The maximum absolute atomic E-state index is 12.1. The lowest BCUT2D eigenvalue weighted by atomic mass is 10.2. The van der Waals surface area contributed by atoms with Gasteiger partial charge in [0.2, 0.25) is 0 Å². The number of aromatic nitrogens is 1. The summed E-state index contributed by atoms with van der Waals surface area (Å²) >= 11 is 1.33. The molecule has 7 heteroatoms. The molecule has 1 aliphatic rings. The number of thiazole rings is 1. The lowest BCUT2D eigenvalue weighted by Gasteiger charge is -2.21. The van der Waals surface area contributed by atoms with E-state index < -0.39 is 11.7 Å². The lowest BCUT2D eigenvalue weighted by molar-refractivity contribution is 0.0502. The molecule has 2 rings (SSSR count). The van der Waals surface area contributed by atoms with Crippen LogP contribution in [0, 0.1) is 0 Å². The van der Waals surface area contributed by atoms with E-state index in [0.717, 1.165) is 6.42 Å². The summed E-state index contributed by atoms with van der Waals surface area (Å²) in [7, 11) is 0. The van der Waals surface area contributed by atoms with E-state index in [-0.39, 0.29) is 11.9 Å². The molecular weight excluding hydrogens is 278 g/mol. The number of amides is 2. The van der Waals surface area contributed by atoms with E-state index in [1.54, 1.807) is 16.5 Å². The Hall–Kier alpha value is -1.63. The van der Waals surface area contributed by atoms with Gasteiger partial charge in [-0.3, -0.25) is 4.79 Å². The Morgan fingerprint density at radius 1 is 1.50 bits per heavy atom. The van der Waals surface area contributed by atoms with Gasteiger partial charge in [0.1, 0.15) is 5.60 Å². The highest BCUT2D eigenvalue weighted by Crippen LogP contribution is 2.16. The van der Waals surface area contributed by atoms with Crippen LogP contribution < -0.4 is 5.32 Å². The van der Waals surface area contributed by atoms with E-state index >= 15 is 0 Å². The molecule has 2 amide bonds. The molecule has 0 aromatic carbocycles. The molecule has 1 saturated heterocycles. The minimum atomic E-state index is -0.515. The SMILES string of the molecule is CC(C)(C)OC(=O)N[C@H]1CCN(C(=O)c2nccs2)C1. The Morgan fingerprint density at radius 3 is 2.85 bits per heavy atom. The van der Waals surface area contributed by atoms with Crippen molar-refractivity contribution in [2.45, 2.75) is 38.8 Å². The zero-order valence-electron chi connectivity index (χ0n) is 11.9. The van der Waals surface area contributed by atoms with Crippen LogP contribution in [-0.4, -0.2) is 46.6 Å². The van der Waals surface area contributed by atoms with E-state index in [4.69, 9.17) is 4.74 Å². The summed E-state index contributed by atoms with van der Waals surface area (Å²) < 4.78 is 5.20. The van der Waals surface area contributed by atoms with Gasteiger partial charge >= 0.3 is 6.09 Å². The number of ether oxygens (including phenoxy) is 1. The van der Waals surface area contributed by atoms with Crippen molar-refractivity contribution in [1.82, 2.24) is 15.2 Å². The van der Waals surface area contributed by atoms with Crippen molar-refractivity contribution in [2.75, 3.05) is 13.1 Å². The van der Waals surface area contributed by atoms with Crippen molar-refractivity contribution >= 4 is 23.3 Å². The second-order valence-electron chi connectivity index (χ2n) is 5.72. The number of carbonyl (C=O) groups excluding carboxylic acids is 2. The predicted octanol–water partition coefficient (Wildman–Crippen LogP) is 1.88. The molecule has 1 N–H and O–H groups in total. The number of nitrogens with one attached hydrogen (secondary N) is 1. The van der Waals surface area contributed by atoms with Gasteiger partial charge in [0.05, 0.1) is 6.04 Å². The summed E-state index contributed by atoms with van der Waals surface area (Å²) in [6.07, 6.45) is 1.91. The first-order valence-corrected chi connectivity index (χ1v) is 7.41. The quantitative estimate of drug-likeness (QED) is 0.904. The van der Waals surface area contributed by atoms with Gasteiger partial charge in [0.15, 0.2) is 5.01 Å². The van der Waals surface area contributed by atoms with Crippen LogP contribution in [0.4, 0.5) is 4.79 Å². The molecular formula is C13H19N3O3S. The second kappa shape index (κ2) is 5.78. The van der Waals surface area contributed by atoms with E-state index in [1.165, 1.54) is 11.3 Å². The number of alkyl carbamates (subject to hydrolysis) is 1. The van der Waals surface area contributed by atoms with Gasteiger partial charge in [-0.25, -0.2) is 9.78 Å². The molecule has 0 saturated carbocycles. The summed E-state index contributed by atoms with van der Waals surface area (Å²) in [5, 5.41) is 5.06. The molecule has 1 aromatic rings. The number of carbonyl (C=O) groups is 2. The Balaban J connectivity index is 1.84. The van der Waals surface area contributed by atoms with E-state index in [2.05, 4.69) is 10.3 Å². The fourth-order valence-electron chi connectivity index (χ4n) is 2.00. The summed E-state index contributed by atoms with van der Waals surface area (Å²) in [6.45, 7) is 6.58. The highest BCUT2D eigenvalue weighted by Gasteiger charge is 2.30. The van der Waals surface area contributed by atoms with Crippen LogP contribution in [0.2, 0.25) is 0 Å².